The number of hydrogen-bond acceptors (Lipinski definition) is 4. The van der Waals surface area contributed by atoms with E-state index in [9.17, 15) is 13.6 Å². The van der Waals surface area contributed by atoms with E-state index in [4.69, 9.17) is 4.84 Å². The summed E-state index contributed by atoms with van der Waals surface area (Å²) in [6.07, 6.45) is 5.26. The monoisotopic (exact) mass is 334 g/mol. The highest BCUT2D eigenvalue weighted by Crippen LogP contribution is 2.20. The van der Waals surface area contributed by atoms with Gasteiger partial charge in [-0.3, -0.25) is 4.79 Å². The fraction of sp³-hybridized carbons (Fsp3) is 0.312. The topological polar surface area (TPSA) is 68.5 Å². The maximum atomic E-state index is 13.7. The van der Waals surface area contributed by atoms with Gasteiger partial charge in [0.25, 0.3) is 5.91 Å². The third-order valence-electron chi connectivity index (χ3n) is 3.65. The number of benzene rings is 1. The second kappa shape index (κ2) is 7.20. The number of nitrogens with one attached hydrogen (secondary N) is 1. The lowest BCUT2D eigenvalue weighted by Gasteiger charge is -2.09. The molecule has 1 aliphatic heterocycles. The summed E-state index contributed by atoms with van der Waals surface area (Å²) in [7, 11) is 0. The summed E-state index contributed by atoms with van der Waals surface area (Å²) in [6.45, 7) is 1.21. The standard InChI is InChI=1S/C16H16F2N4O2/c17-11-2-3-13(18)12(8-11)14-9-15(24-21-14)16(23)20-4-1-6-22-7-5-19-10-22/h2-3,5,7-8,10,15H,1,4,6,9H2,(H,20,23)/t15-/m1/s1. The molecule has 0 saturated heterocycles. The Balaban J connectivity index is 1.47. The number of rotatable bonds is 6. The van der Waals surface area contributed by atoms with Crippen molar-refractivity contribution in [2.45, 2.75) is 25.5 Å². The van der Waals surface area contributed by atoms with Gasteiger partial charge in [0, 0.05) is 37.5 Å². The first kappa shape index (κ1) is 16.1. The Labute approximate surface area is 137 Å². The second-order valence-corrected chi connectivity index (χ2v) is 5.41. The van der Waals surface area contributed by atoms with E-state index >= 15 is 0 Å². The molecule has 3 rings (SSSR count). The Morgan fingerprint density at radius 2 is 2.29 bits per heavy atom. The van der Waals surface area contributed by atoms with Crippen molar-refractivity contribution in [1.29, 1.82) is 0 Å². The van der Waals surface area contributed by atoms with Crippen LogP contribution in [-0.2, 0) is 16.2 Å². The van der Waals surface area contributed by atoms with Crippen molar-refractivity contribution < 1.29 is 18.4 Å². The van der Waals surface area contributed by atoms with Gasteiger partial charge >= 0.3 is 0 Å². The van der Waals surface area contributed by atoms with Gasteiger partial charge in [0.2, 0.25) is 6.10 Å². The molecule has 0 saturated carbocycles. The van der Waals surface area contributed by atoms with Crippen LogP contribution in [0.15, 0.2) is 42.1 Å². The van der Waals surface area contributed by atoms with Crippen LogP contribution < -0.4 is 5.32 Å². The SMILES string of the molecule is O=C(NCCCn1ccnc1)[C@H]1CC(c2cc(F)ccc2F)=NO1. The normalized spacial score (nSPS) is 16.6. The molecule has 1 N–H and O–H groups in total. The van der Waals surface area contributed by atoms with E-state index < -0.39 is 17.7 Å². The van der Waals surface area contributed by atoms with Gasteiger partial charge < -0.3 is 14.7 Å². The van der Waals surface area contributed by atoms with Crippen molar-refractivity contribution in [1.82, 2.24) is 14.9 Å². The summed E-state index contributed by atoms with van der Waals surface area (Å²) < 4.78 is 28.9. The van der Waals surface area contributed by atoms with E-state index in [2.05, 4.69) is 15.5 Å². The fourth-order valence-electron chi connectivity index (χ4n) is 2.40. The number of imidazole rings is 1. The van der Waals surface area contributed by atoms with Crippen molar-refractivity contribution in [3.8, 4) is 0 Å². The predicted octanol–water partition coefficient (Wildman–Crippen LogP) is 1.86. The molecule has 24 heavy (non-hydrogen) atoms. The maximum Gasteiger partial charge on any atom is 0.264 e. The molecule has 0 bridgehead atoms. The van der Waals surface area contributed by atoms with Crippen LogP contribution in [0.4, 0.5) is 8.78 Å². The number of carbonyl (C=O) groups excluding carboxylic acids is 1. The lowest BCUT2D eigenvalue weighted by Crippen LogP contribution is -2.35. The number of amides is 1. The molecular weight excluding hydrogens is 318 g/mol. The number of nitrogens with zero attached hydrogens (tertiary/aromatic N) is 3. The third-order valence-corrected chi connectivity index (χ3v) is 3.65. The van der Waals surface area contributed by atoms with Crippen molar-refractivity contribution in [3.63, 3.8) is 0 Å². The summed E-state index contributed by atoms with van der Waals surface area (Å²) in [5.74, 6) is -1.49. The van der Waals surface area contributed by atoms with Gasteiger partial charge in [-0.1, -0.05) is 5.16 Å². The minimum atomic E-state index is -0.823. The van der Waals surface area contributed by atoms with Crippen LogP contribution >= 0.6 is 0 Å². The smallest absolute Gasteiger partial charge is 0.264 e. The van der Waals surface area contributed by atoms with Crippen molar-refractivity contribution in [2.75, 3.05) is 6.54 Å². The van der Waals surface area contributed by atoms with Crippen LogP contribution in [0.5, 0.6) is 0 Å². The largest absolute Gasteiger partial charge is 0.382 e. The van der Waals surface area contributed by atoms with Crippen LogP contribution in [0.25, 0.3) is 0 Å². The average Bonchev–Trinajstić information content (AvgIpc) is 3.25. The first-order valence-corrected chi connectivity index (χ1v) is 7.55. The maximum absolute atomic E-state index is 13.7. The molecular formula is C16H16F2N4O2. The molecule has 1 aromatic carbocycles. The van der Waals surface area contributed by atoms with Gasteiger partial charge in [0.05, 0.1) is 12.0 Å². The Morgan fingerprint density at radius 3 is 3.08 bits per heavy atom. The molecule has 0 unspecified atom stereocenters. The van der Waals surface area contributed by atoms with E-state index in [1.54, 1.807) is 12.5 Å². The van der Waals surface area contributed by atoms with Gasteiger partial charge in [-0.15, -0.1) is 0 Å². The van der Waals surface area contributed by atoms with Gasteiger partial charge in [0.15, 0.2) is 0 Å². The number of oxime groups is 1. The number of halogens is 2. The summed E-state index contributed by atoms with van der Waals surface area (Å²) >= 11 is 0. The molecule has 1 aromatic heterocycles. The molecule has 126 valence electrons. The molecule has 0 aliphatic carbocycles. The van der Waals surface area contributed by atoms with Crippen LogP contribution in [-0.4, -0.2) is 33.8 Å². The van der Waals surface area contributed by atoms with Crippen LogP contribution in [0, 0.1) is 11.6 Å². The first-order valence-electron chi connectivity index (χ1n) is 7.55. The molecule has 6 nitrogen and oxygen atoms in total. The van der Waals surface area contributed by atoms with Crippen molar-refractivity contribution >= 4 is 11.6 Å². The number of aryl methyl sites for hydroxylation is 1. The predicted molar refractivity (Wildman–Crippen MR) is 82.2 cm³/mol. The lowest BCUT2D eigenvalue weighted by molar-refractivity contribution is -0.131. The summed E-state index contributed by atoms with van der Waals surface area (Å²) in [6, 6.07) is 3.10. The van der Waals surface area contributed by atoms with Gasteiger partial charge in [0.1, 0.15) is 11.6 Å². The Morgan fingerprint density at radius 1 is 1.42 bits per heavy atom. The summed E-state index contributed by atoms with van der Waals surface area (Å²) in [5.41, 5.74) is 0.246. The zero-order valence-electron chi connectivity index (χ0n) is 12.8. The minimum Gasteiger partial charge on any atom is -0.382 e. The molecule has 1 aliphatic rings. The number of carbonyl (C=O) groups is 1. The van der Waals surface area contributed by atoms with E-state index in [0.717, 1.165) is 31.2 Å². The third kappa shape index (κ3) is 3.76. The van der Waals surface area contributed by atoms with Crippen LogP contribution in [0.2, 0.25) is 0 Å². The highest BCUT2D eigenvalue weighted by atomic mass is 19.1. The first-order chi connectivity index (χ1) is 11.6. The molecule has 8 heteroatoms. The van der Waals surface area contributed by atoms with E-state index in [1.165, 1.54) is 0 Å². The molecule has 0 fully saturated rings. The molecule has 2 aromatic rings. The van der Waals surface area contributed by atoms with Crippen molar-refractivity contribution in [3.05, 3.63) is 54.1 Å². The fourth-order valence-corrected chi connectivity index (χ4v) is 2.40. The highest BCUT2D eigenvalue weighted by Gasteiger charge is 2.29. The lowest BCUT2D eigenvalue weighted by atomic mass is 10.0. The van der Waals surface area contributed by atoms with Gasteiger partial charge in [-0.2, -0.15) is 0 Å². The van der Waals surface area contributed by atoms with Crippen LogP contribution in [0.3, 0.4) is 0 Å². The van der Waals surface area contributed by atoms with Gasteiger partial charge in [-0.05, 0) is 24.6 Å². The molecule has 0 radical (unpaired) electrons. The highest BCUT2D eigenvalue weighted by molar-refractivity contribution is 6.04. The second-order valence-electron chi connectivity index (χ2n) is 5.41. The Bertz CT molecular complexity index is 747. The quantitative estimate of drug-likeness (QED) is 0.820. The van der Waals surface area contributed by atoms with E-state index in [0.29, 0.717) is 6.54 Å². The number of hydrogen-bond donors (Lipinski definition) is 1. The van der Waals surface area contributed by atoms with Crippen LogP contribution in [0.1, 0.15) is 18.4 Å². The zero-order valence-corrected chi connectivity index (χ0v) is 12.8. The van der Waals surface area contributed by atoms with E-state index in [-0.39, 0.29) is 23.6 Å². The molecule has 1 amide bonds. The minimum absolute atomic E-state index is 0.0189. The molecule has 0 spiro atoms. The molecule has 2 heterocycles. The number of aromatic nitrogens is 2. The average molecular weight is 334 g/mol. The Kier molecular flexibility index (Phi) is 4.83. The van der Waals surface area contributed by atoms with E-state index in [1.807, 2.05) is 10.8 Å². The molecule has 1 atom stereocenters. The summed E-state index contributed by atoms with van der Waals surface area (Å²) in [5, 5.41) is 6.46. The zero-order chi connectivity index (χ0) is 16.9. The van der Waals surface area contributed by atoms with Gasteiger partial charge in [-0.25, -0.2) is 13.8 Å². The van der Waals surface area contributed by atoms with Crippen molar-refractivity contribution in [2.24, 2.45) is 5.16 Å². The summed E-state index contributed by atoms with van der Waals surface area (Å²) in [4.78, 5) is 21.0. The Hall–Kier alpha value is -2.77.